The van der Waals surface area contributed by atoms with Crippen LogP contribution in [0.2, 0.25) is 0 Å². The van der Waals surface area contributed by atoms with Gasteiger partial charge in [0.25, 0.3) is 0 Å². The zero-order chi connectivity index (χ0) is 19.6. The molecule has 0 radical (unpaired) electrons. The van der Waals surface area contributed by atoms with Gasteiger partial charge in [-0.3, -0.25) is 9.36 Å². The first-order valence-corrected chi connectivity index (χ1v) is 9.14. The van der Waals surface area contributed by atoms with Crippen molar-refractivity contribution < 1.29 is 9.53 Å². The summed E-state index contributed by atoms with van der Waals surface area (Å²) in [5, 5.41) is 14.7. The third-order valence-electron chi connectivity index (χ3n) is 4.07. The molecule has 3 heterocycles. The molecular formula is C18H24N8O2. The van der Waals surface area contributed by atoms with Gasteiger partial charge in [-0.15, -0.1) is 0 Å². The van der Waals surface area contributed by atoms with Crippen molar-refractivity contribution in [1.29, 1.82) is 0 Å². The Kier molecular flexibility index (Phi) is 6.94. The average molecular weight is 384 g/mol. The number of nitrogens with zero attached hydrogens (tertiary/aromatic N) is 6. The van der Waals surface area contributed by atoms with Crippen LogP contribution in [0.25, 0.3) is 0 Å². The van der Waals surface area contributed by atoms with Crippen molar-refractivity contribution >= 4 is 17.6 Å². The Labute approximate surface area is 162 Å². The van der Waals surface area contributed by atoms with Crippen LogP contribution in [0.15, 0.2) is 43.2 Å². The third-order valence-corrected chi connectivity index (χ3v) is 4.07. The molecule has 3 aromatic heterocycles. The second-order valence-corrected chi connectivity index (χ2v) is 6.04. The molecule has 10 nitrogen and oxygen atoms in total. The summed E-state index contributed by atoms with van der Waals surface area (Å²) in [5.74, 6) is 0.429. The molecular weight excluding hydrogens is 360 g/mol. The first-order valence-electron chi connectivity index (χ1n) is 9.14. The topological polar surface area (TPSA) is 112 Å². The smallest absolute Gasteiger partial charge is 0.345 e. The molecule has 0 spiro atoms. The van der Waals surface area contributed by atoms with E-state index in [1.165, 1.54) is 13.4 Å². The van der Waals surface area contributed by atoms with E-state index in [2.05, 4.69) is 30.8 Å². The lowest BCUT2D eigenvalue weighted by molar-refractivity contribution is 0.0602. The van der Waals surface area contributed by atoms with Crippen LogP contribution in [0.3, 0.4) is 0 Å². The van der Waals surface area contributed by atoms with Gasteiger partial charge in [0.1, 0.15) is 23.5 Å². The maximum absolute atomic E-state index is 12.3. The van der Waals surface area contributed by atoms with Crippen LogP contribution >= 0.6 is 0 Å². The van der Waals surface area contributed by atoms with Crippen LogP contribution in [-0.2, 0) is 17.8 Å². The summed E-state index contributed by atoms with van der Waals surface area (Å²) in [6.45, 7) is 2.83. The predicted octanol–water partition coefficient (Wildman–Crippen LogP) is 1.66. The molecule has 0 saturated heterocycles. The molecule has 0 aromatic carbocycles. The Bertz CT molecular complexity index is 788. The van der Waals surface area contributed by atoms with Crippen molar-refractivity contribution in [2.75, 3.05) is 30.8 Å². The Hall–Kier alpha value is -3.43. The lowest BCUT2D eigenvalue weighted by atomic mass is 10.2. The van der Waals surface area contributed by atoms with Crippen molar-refractivity contribution in [3.63, 3.8) is 0 Å². The molecule has 0 unspecified atom stereocenters. The number of aryl methyl sites for hydroxylation is 2. The van der Waals surface area contributed by atoms with E-state index in [0.29, 0.717) is 30.3 Å². The summed E-state index contributed by atoms with van der Waals surface area (Å²) < 4.78 is 8.63. The van der Waals surface area contributed by atoms with Gasteiger partial charge in [-0.05, 0) is 25.0 Å². The lowest BCUT2D eigenvalue weighted by Crippen LogP contribution is -2.17. The normalized spacial score (nSPS) is 10.6. The van der Waals surface area contributed by atoms with Crippen LogP contribution < -0.4 is 10.6 Å². The number of hydrogen-bond acceptors (Lipinski definition) is 8. The van der Waals surface area contributed by atoms with Crippen molar-refractivity contribution in [2.45, 2.75) is 25.9 Å². The van der Waals surface area contributed by atoms with Gasteiger partial charge in [0.05, 0.1) is 7.11 Å². The summed E-state index contributed by atoms with van der Waals surface area (Å²) in [6.07, 6.45) is 10.4. The number of aromatic nitrogens is 6. The summed E-state index contributed by atoms with van der Waals surface area (Å²) in [6, 6.07) is 3.77. The van der Waals surface area contributed by atoms with E-state index in [4.69, 9.17) is 4.74 Å². The molecule has 0 saturated carbocycles. The number of anilines is 2. The van der Waals surface area contributed by atoms with Crippen LogP contribution in [0.4, 0.5) is 11.6 Å². The number of methoxy groups -OCH3 is 1. The first kappa shape index (κ1) is 19.3. The molecule has 0 aliphatic heterocycles. The van der Waals surface area contributed by atoms with Gasteiger partial charge in [-0.2, -0.15) is 10.2 Å². The minimum absolute atomic E-state index is 0.308. The van der Waals surface area contributed by atoms with Gasteiger partial charge in [0.15, 0.2) is 0 Å². The predicted molar refractivity (Wildman–Crippen MR) is 104 cm³/mol. The second-order valence-electron chi connectivity index (χ2n) is 6.04. The zero-order valence-corrected chi connectivity index (χ0v) is 15.8. The van der Waals surface area contributed by atoms with Crippen molar-refractivity contribution in [2.24, 2.45) is 0 Å². The Morgan fingerprint density at radius 3 is 1.93 bits per heavy atom. The molecule has 2 N–H and O–H groups in total. The maximum Gasteiger partial charge on any atom is 0.345 e. The molecule has 3 rings (SSSR count). The zero-order valence-electron chi connectivity index (χ0n) is 15.8. The van der Waals surface area contributed by atoms with E-state index in [1.54, 1.807) is 12.4 Å². The van der Waals surface area contributed by atoms with Gasteiger partial charge in [-0.1, -0.05) is 0 Å². The van der Waals surface area contributed by atoms with E-state index < -0.39 is 5.97 Å². The van der Waals surface area contributed by atoms with E-state index in [9.17, 15) is 4.79 Å². The fraction of sp³-hybridized carbons (Fsp3) is 0.389. The summed E-state index contributed by atoms with van der Waals surface area (Å²) in [7, 11) is 1.35. The van der Waals surface area contributed by atoms with Gasteiger partial charge < -0.3 is 15.4 Å². The summed E-state index contributed by atoms with van der Waals surface area (Å²) in [4.78, 5) is 20.7. The maximum atomic E-state index is 12.3. The molecule has 0 aliphatic carbocycles. The highest BCUT2D eigenvalue weighted by Crippen LogP contribution is 2.21. The molecule has 0 amide bonds. The molecule has 0 atom stereocenters. The van der Waals surface area contributed by atoms with Crippen LogP contribution in [0.1, 0.15) is 23.2 Å². The number of carbonyl (C=O) groups excluding carboxylic acids is 1. The monoisotopic (exact) mass is 384 g/mol. The van der Waals surface area contributed by atoms with Crippen LogP contribution in [0, 0.1) is 0 Å². The molecule has 10 heteroatoms. The van der Waals surface area contributed by atoms with E-state index >= 15 is 0 Å². The van der Waals surface area contributed by atoms with E-state index in [0.717, 1.165) is 25.9 Å². The molecule has 148 valence electrons. The largest absolute Gasteiger partial charge is 0.465 e. The molecule has 0 bridgehead atoms. The van der Waals surface area contributed by atoms with Crippen LogP contribution in [-0.4, -0.2) is 55.7 Å². The SMILES string of the molecule is COC(=O)c1c(NCCCn2cccn2)ncnc1NCCCn1cccn1. The highest BCUT2D eigenvalue weighted by molar-refractivity contribution is 5.99. The van der Waals surface area contributed by atoms with Gasteiger partial charge in [-0.25, -0.2) is 14.8 Å². The fourth-order valence-electron chi connectivity index (χ4n) is 2.71. The standard InChI is InChI=1S/C18H24N8O2/c1-28-18(27)15-16(19-6-2-10-25-12-4-8-23-25)21-14-22-17(15)20-7-3-11-26-13-5-9-24-26/h4-5,8-9,12-14H,2-3,6-7,10-11H2,1H3,(H2,19,20,21,22). The third kappa shape index (κ3) is 5.29. The Balaban J connectivity index is 1.57. The summed E-state index contributed by atoms with van der Waals surface area (Å²) in [5.41, 5.74) is 0.308. The average Bonchev–Trinajstić information content (AvgIpc) is 3.42. The summed E-state index contributed by atoms with van der Waals surface area (Å²) >= 11 is 0. The van der Waals surface area contributed by atoms with Gasteiger partial charge >= 0.3 is 5.97 Å². The van der Waals surface area contributed by atoms with Crippen LogP contribution in [0.5, 0.6) is 0 Å². The number of carbonyl (C=O) groups is 1. The number of ether oxygens (including phenoxy) is 1. The first-order chi connectivity index (χ1) is 13.8. The van der Waals surface area contributed by atoms with Gasteiger partial charge in [0, 0.05) is 51.0 Å². The van der Waals surface area contributed by atoms with Crippen molar-refractivity contribution in [1.82, 2.24) is 29.5 Å². The van der Waals surface area contributed by atoms with Crippen molar-refractivity contribution in [3.05, 3.63) is 48.8 Å². The number of rotatable bonds is 11. The van der Waals surface area contributed by atoms with E-state index in [1.807, 2.05) is 33.9 Å². The minimum Gasteiger partial charge on any atom is -0.465 e. The lowest BCUT2D eigenvalue weighted by Gasteiger charge is -2.14. The van der Waals surface area contributed by atoms with E-state index in [-0.39, 0.29) is 0 Å². The van der Waals surface area contributed by atoms with Gasteiger partial charge in [0.2, 0.25) is 0 Å². The number of esters is 1. The Morgan fingerprint density at radius 2 is 1.50 bits per heavy atom. The molecule has 3 aromatic rings. The Morgan fingerprint density at radius 1 is 0.964 bits per heavy atom. The molecule has 28 heavy (non-hydrogen) atoms. The molecule has 0 aliphatic rings. The number of hydrogen-bond donors (Lipinski definition) is 2. The second kappa shape index (κ2) is 10.0. The number of nitrogens with one attached hydrogen (secondary N) is 2. The minimum atomic E-state index is -0.482. The molecule has 0 fully saturated rings. The van der Waals surface area contributed by atoms with Crippen molar-refractivity contribution in [3.8, 4) is 0 Å². The quantitative estimate of drug-likeness (QED) is 0.379. The highest BCUT2D eigenvalue weighted by atomic mass is 16.5. The highest BCUT2D eigenvalue weighted by Gasteiger charge is 2.19. The fourth-order valence-corrected chi connectivity index (χ4v) is 2.71.